The Balaban J connectivity index is 3.41. The number of carbonyl (C=O) groups excluding carboxylic acids is 1. The third kappa shape index (κ3) is 11.0. The maximum absolute atomic E-state index is 11.4. The zero-order valence-corrected chi connectivity index (χ0v) is 10.5. The first-order valence-corrected chi connectivity index (χ1v) is 5.80. The predicted molar refractivity (Wildman–Crippen MR) is 63.2 cm³/mol. The number of nitrogens with one attached hydrogen (secondary N) is 1. The quantitative estimate of drug-likeness (QED) is 0.657. The zero-order valence-electron chi connectivity index (χ0n) is 10.5. The summed E-state index contributed by atoms with van der Waals surface area (Å²) in [4.78, 5) is 21.6. The van der Waals surface area contributed by atoms with E-state index in [1.807, 2.05) is 0 Å². The number of rotatable bonds is 7. The standard InChI is InChI=1S/C12H23NO3/c1-12(2,3)8-7-10(14)13-9-5-4-6-11(15)16/h4-9H2,1-3H3,(H,13,14)(H,15,16). The fourth-order valence-corrected chi connectivity index (χ4v) is 1.21. The Kier molecular flexibility index (Phi) is 6.77. The van der Waals surface area contributed by atoms with Gasteiger partial charge in [0.2, 0.25) is 5.91 Å². The van der Waals surface area contributed by atoms with Crippen LogP contribution in [-0.4, -0.2) is 23.5 Å². The summed E-state index contributed by atoms with van der Waals surface area (Å²) in [5.41, 5.74) is 0.181. The number of aliphatic carboxylic acids is 1. The van der Waals surface area contributed by atoms with E-state index in [1.165, 1.54) is 0 Å². The Bertz CT molecular complexity index is 231. The summed E-state index contributed by atoms with van der Waals surface area (Å²) < 4.78 is 0. The molecular formula is C12H23NO3. The number of carboxylic acid groups (broad SMARTS) is 1. The van der Waals surface area contributed by atoms with Crippen molar-refractivity contribution in [2.24, 2.45) is 5.41 Å². The van der Waals surface area contributed by atoms with Crippen LogP contribution in [0.5, 0.6) is 0 Å². The van der Waals surface area contributed by atoms with Crippen LogP contribution >= 0.6 is 0 Å². The molecule has 0 atom stereocenters. The molecule has 4 heteroatoms. The van der Waals surface area contributed by atoms with Crippen molar-refractivity contribution in [2.45, 2.75) is 52.9 Å². The average Bonchev–Trinajstić information content (AvgIpc) is 2.12. The highest BCUT2D eigenvalue weighted by Crippen LogP contribution is 2.20. The number of amides is 1. The minimum Gasteiger partial charge on any atom is -0.481 e. The maximum Gasteiger partial charge on any atom is 0.303 e. The second kappa shape index (κ2) is 7.25. The first kappa shape index (κ1) is 14.9. The van der Waals surface area contributed by atoms with Gasteiger partial charge in [-0.2, -0.15) is 0 Å². The molecule has 0 aromatic heterocycles. The van der Waals surface area contributed by atoms with Crippen molar-refractivity contribution < 1.29 is 14.7 Å². The van der Waals surface area contributed by atoms with Gasteiger partial charge in [0.05, 0.1) is 0 Å². The Hall–Kier alpha value is -1.06. The fourth-order valence-electron chi connectivity index (χ4n) is 1.21. The van der Waals surface area contributed by atoms with Crippen molar-refractivity contribution in [3.05, 3.63) is 0 Å². The van der Waals surface area contributed by atoms with Gasteiger partial charge in [-0.25, -0.2) is 0 Å². The molecule has 0 aromatic carbocycles. The van der Waals surface area contributed by atoms with Crippen LogP contribution in [-0.2, 0) is 9.59 Å². The summed E-state index contributed by atoms with van der Waals surface area (Å²) in [7, 11) is 0. The lowest BCUT2D eigenvalue weighted by Crippen LogP contribution is -2.25. The van der Waals surface area contributed by atoms with Crippen LogP contribution in [0, 0.1) is 5.41 Å². The number of hydrogen-bond acceptors (Lipinski definition) is 2. The molecule has 16 heavy (non-hydrogen) atoms. The molecule has 0 aromatic rings. The fraction of sp³-hybridized carbons (Fsp3) is 0.833. The third-order valence-electron chi connectivity index (χ3n) is 2.24. The molecule has 0 saturated heterocycles. The number of hydrogen-bond donors (Lipinski definition) is 2. The molecule has 0 aliphatic heterocycles. The Morgan fingerprint density at radius 1 is 1.12 bits per heavy atom. The third-order valence-corrected chi connectivity index (χ3v) is 2.24. The maximum atomic E-state index is 11.4. The molecule has 0 spiro atoms. The van der Waals surface area contributed by atoms with Gasteiger partial charge in [0.1, 0.15) is 0 Å². The molecule has 4 nitrogen and oxygen atoms in total. The Morgan fingerprint density at radius 2 is 1.75 bits per heavy atom. The van der Waals surface area contributed by atoms with Crippen molar-refractivity contribution in [2.75, 3.05) is 6.54 Å². The largest absolute Gasteiger partial charge is 0.481 e. The second-order valence-electron chi connectivity index (χ2n) is 5.26. The molecule has 0 bridgehead atoms. The van der Waals surface area contributed by atoms with Crippen molar-refractivity contribution >= 4 is 11.9 Å². The number of carbonyl (C=O) groups is 2. The highest BCUT2D eigenvalue weighted by Gasteiger charge is 2.12. The zero-order chi connectivity index (χ0) is 12.6. The van der Waals surface area contributed by atoms with Gasteiger partial charge in [0.15, 0.2) is 0 Å². The van der Waals surface area contributed by atoms with Gasteiger partial charge in [0, 0.05) is 19.4 Å². The van der Waals surface area contributed by atoms with E-state index in [-0.39, 0.29) is 17.7 Å². The molecule has 2 N–H and O–H groups in total. The Morgan fingerprint density at radius 3 is 2.25 bits per heavy atom. The van der Waals surface area contributed by atoms with Crippen LogP contribution in [0.2, 0.25) is 0 Å². The molecule has 0 heterocycles. The number of carboxylic acids is 1. The molecule has 0 radical (unpaired) electrons. The molecule has 0 unspecified atom stereocenters. The molecule has 0 aliphatic rings. The van der Waals surface area contributed by atoms with E-state index in [0.29, 0.717) is 19.4 Å². The lowest BCUT2D eigenvalue weighted by Gasteiger charge is -2.17. The van der Waals surface area contributed by atoms with Crippen molar-refractivity contribution in [3.8, 4) is 0 Å². The van der Waals surface area contributed by atoms with Crippen molar-refractivity contribution in [1.82, 2.24) is 5.32 Å². The molecule has 0 saturated carbocycles. The van der Waals surface area contributed by atoms with Crippen LogP contribution in [0.25, 0.3) is 0 Å². The van der Waals surface area contributed by atoms with E-state index >= 15 is 0 Å². The summed E-state index contributed by atoms with van der Waals surface area (Å²) in [5.74, 6) is -0.718. The van der Waals surface area contributed by atoms with E-state index in [4.69, 9.17) is 5.11 Å². The molecule has 1 amide bonds. The topological polar surface area (TPSA) is 66.4 Å². The van der Waals surface area contributed by atoms with Crippen LogP contribution in [0.3, 0.4) is 0 Å². The van der Waals surface area contributed by atoms with Crippen LogP contribution in [0.4, 0.5) is 0 Å². The predicted octanol–water partition coefficient (Wildman–Crippen LogP) is 2.18. The van der Waals surface area contributed by atoms with Crippen molar-refractivity contribution in [1.29, 1.82) is 0 Å². The summed E-state index contributed by atoms with van der Waals surface area (Å²) >= 11 is 0. The van der Waals surface area contributed by atoms with Gasteiger partial charge in [-0.1, -0.05) is 20.8 Å². The molecule has 0 aliphatic carbocycles. The van der Waals surface area contributed by atoms with Gasteiger partial charge in [0.25, 0.3) is 0 Å². The SMILES string of the molecule is CC(C)(C)CCC(=O)NCCCCC(=O)O. The van der Waals surface area contributed by atoms with Crippen LogP contribution < -0.4 is 5.32 Å². The molecular weight excluding hydrogens is 206 g/mol. The van der Waals surface area contributed by atoms with Gasteiger partial charge in [-0.05, 0) is 24.7 Å². The van der Waals surface area contributed by atoms with E-state index < -0.39 is 5.97 Å². The normalized spacial score (nSPS) is 11.2. The van der Waals surface area contributed by atoms with Gasteiger partial charge < -0.3 is 10.4 Å². The van der Waals surface area contributed by atoms with Gasteiger partial charge >= 0.3 is 5.97 Å². The summed E-state index contributed by atoms with van der Waals surface area (Å²) in [6.45, 7) is 6.89. The smallest absolute Gasteiger partial charge is 0.303 e. The Labute approximate surface area is 97.4 Å². The summed E-state index contributed by atoms with van der Waals surface area (Å²) in [6.07, 6.45) is 2.94. The lowest BCUT2D eigenvalue weighted by atomic mass is 9.90. The van der Waals surface area contributed by atoms with Crippen LogP contribution in [0.15, 0.2) is 0 Å². The summed E-state index contributed by atoms with van der Waals surface area (Å²) in [5, 5.41) is 11.2. The van der Waals surface area contributed by atoms with E-state index in [0.717, 1.165) is 12.8 Å². The molecule has 0 rings (SSSR count). The first-order chi connectivity index (χ1) is 7.31. The second-order valence-corrected chi connectivity index (χ2v) is 5.26. The first-order valence-electron chi connectivity index (χ1n) is 5.80. The van der Waals surface area contributed by atoms with Gasteiger partial charge in [-0.15, -0.1) is 0 Å². The minimum absolute atomic E-state index is 0.0604. The molecule has 94 valence electrons. The highest BCUT2D eigenvalue weighted by molar-refractivity contribution is 5.75. The summed E-state index contributed by atoms with van der Waals surface area (Å²) in [6, 6.07) is 0. The molecule has 0 fully saturated rings. The van der Waals surface area contributed by atoms with E-state index in [1.54, 1.807) is 0 Å². The van der Waals surface area contributed by atoms with Gasteiger partial charge in [-0.3, -0.25) is 9.59 Å². The monoisotopic (exact) mass is 229 g/mol. The van der Waals surface area contributed by atoms with Crippen LogP contribution in [0.1, 0.15) is 52.9 Å². The number of unbranched alkanes of at least 4 members (excludes halogenated alkanes) is 1. The van der Waals surface area contributed by atoms with E-state index in [9.17, 15) is 9.59 Å². The average molecular weight is 229 g/mol. The minimum atomic E-state index is -0.779. The van der Waals surface area contributed by atoms with E-state index in [2.05, 4.69) is 26.1 Å². The lowest BCUT2D eigenvalue weighted by molar-refractivity contribution is -0.137. The highest BCUT2D eigenvalue weighted by atomic mass is 16.4. The van der Waals surface area contributed by atoms with Crippen molar-refractivity contribution in [3.63, 3.8) is 0 Å².